The molecule has 3 nitrogen and oxygen atoms in total. The Labute approximate surface area is 120 Å². The number of carbonyl (C=O) groups is 1. The van der Waals surface area contributed by atoms with Crippen LogP contribution < -0.4 is 0 Å². The van der Waals surface area contributed by atoms with Crippen LogP contribution in [0, 0.1) is 19.8 Å². The zero-order chi connectivity index (χ0) is 14.3. The molecule has 1 saturated heterocycles. The average molecular weight is 270 g/mol. The smallest absolute Gasteiger partial charge is 0.256 e. The summed E-state index contributed by atoms with van der Waals surface area (Å²) in [5.74, 6) is 0.927. The lowest BCUT2D eigenvalue weighted by Gasteiger charge is -2.30. The molecule has 1 N–H and O–H groups in total. The highest BCUT2D eigenvalue weighted by atomic mass is 16.2. The van der Waals surface area contributed by atoms with Gasteiger partial charge >= 0.3 is 0 Å². The van der Waals surface area contributed by atoms with Crippen LogP contribution in [0.15, 0.2) is 18.2 Å². The SMILES string of the molecule is Cc1ccc2[nH]c(C)c(C(=O)N3CCC(C)CC3)c2c1. The van der Waals surface area contributed by atoms with Gasteiger partial charge in [0, 0.05) is 29.7 Å². The molecular weight excluding hydrogens is 248 g/mol. The molecule has 1 fully saturated rings. The normalized spacial score (nSPS) is 16.9. The van der Waals surface area contributed by atoms with Gasteiger partial charge in [0.1, 0.15) is 0 Å². The fraction of sp³-hybridized carbons (Fsp3) is 0.471. The third kappa shape index (κ3) is 2.21. The lowest BCUT2D eigenvalue weighted by molar-refractivity contribution is 0.0698. The van der Waals surface area contributed by atoms with E-state index in [0.29, 0.717) is 0 Å². The molecule has 2 heterocycles. The minimum Gasteiger partial charge on any atom is -0.358 e. The second-order valence-corrected chi connectivity index (χ2v) is 6.15. The molecule has 0 spiro atoms. The maximum Gasteiger partial charge on any atom is 0.256 e. The van der Waals surface area contributed by atoms with Crippen molar-refractivity contribution >= 4 is 16.8 Å². The number of hydrogen-bond acceptors (Lipinski definition) is 1. The molecule has 0 aliphatic carbocycles. The summed E-state index contributed by atoms with van der Waals surface area (Å²) in [6.07, 6.45) is 2.23. The van der Waals surface area contributed by atoms with E-state index in [2.05, 4.69) is 37.0 Å². The van der Waals surface area contributed by atoms with Gasteiger partial charge in [0.25, 0.3) is 5.91 Å². The highest BCUT2D eigenvalue weighted by molar-refractivity contribution is 6.08. The van der Waals surface area contributed by atoms with Crippen LogP contribution in [-0.4, -0.2) is 28.9 Å². The first-order chi connectivity index (χ1) is 9.56. The molecule has 3 heteroatoms. The number of fused-ring (bicyclic) bond motifs is 1. The predicted octanol–water partition coefficient (Wildman–Crippen LogP) is 3.66. The van der Waals surface area contributed by atoms with Gasteiger partial charge in [-0.05, 0) is 44.7 Å². The van der Waals surface area contributed by atoms with Crippen LogP contribution in [0.4, 0.5) is 0 Å². The lowest BCUT2D eigenvalue weighted by Crippen LogP contribution is -2.38. The van der Waals surface area contributed by atoms with Crippen molar-refractivity contribution in [3.8, 4) is 0 Å². The topological polar surface area (TPSA) is 36.1 Å². The van der Waals surface area contributed by atoms with Crippen LogP contribution in [0.1, 0.15) is 41.4 Å². The number of rotatable bonds is 1. The largest absolute Gasteiger partial charge is 0.358 e. The number of aryl methyl sites for hydroxylation is 2. The second-order valence-electron chi connectivity index (χ2n) is 6.15. The molecule has 0 radical (unpaired) electrons. The van der Waals surface area contributed by atoms with Crippen LogP contribution in [0.25, 0.3) is 10.9 Å². The fourth-order valence-electron chi connectivity index (χ4n) is 3.09. The summed E-state index contributed by atoms with van der Waals surface area (Å²) < 4.78 is 0. The Morgan fingerprint density at radius 2 is 1.95 bits per heavy atom. The van der Waals surface area contributed by atoms with Gasteiger partial charge in [-0.1, -0.05) is 18.6 Å². The van der Waals surface area contributed by atoms with Crippen LogP contribution >= 0.6 is 0 Å². The highest BCUT2D eigenvalue weighted by Gasteiger charge is 2.25. The van der Waals surface area contributed by atoms with E-state index in [1.54, 1.807) is 0 Å². The number of nitrogens with one attached hydrogen (secondary N) is 1. The number of carbonyl (C=O) groups excluding carboxylic acids is 1. The summed E-state index contributed by atoms with van der Waals surface area (Å²) in [5, 5.41) is 1.06. The highest BCUT2D eigenvalue weighted by Crippen LogP contribution is 2.26. The van der Waals surface area contributed by atoms with Crippen molar-refractivity contribution in [3.05, 3.63) is 35.0 Å². The Morgan fingerprint density at radius 1 is 1.25 bits per heavy atom. The van der Waals surface area contributed by atoms with E-state index in [0.717, 1.165) is 54.0 Å². The maximum absolute atomic E-state index is 12.8. The summed E-state index contributed by atoms with van der Waals surface area (Å²) in [6.45, 7) is 8.10. The first-order valence-electron chi connectivity index (χ1n) is 7.44. The second kappa shape index (κ2) is 4.97. The van der Waals surface area contributed by atoms with E-state index in [1.165, 1.54) is 5.56 Å². The average Bonchev–Trinajstić information content (AvgIpc) is 2.74. The monoisotopic (exact) mass is 270 g/mol. The van der Waals surface area contributed by atoms with Crippen molar-refractivity contribution in [1.82, 2.24) is 9.88 Å². The van der Waals surface area contributed by atoms with E-state index in [-0.39, 0.29) is 5.91 Å². The van der Waals surface area contributed by atoms with E-state index >= 15 is 0 Å². The molecule has 1 aliphatic heterocycles. The standard InChI is InChI=1S/C17H22N2O/c1-11-6-8-19(9-7-11)17(20)16-13(3)18-15-5-4-12(2)10-14(15)16/h4-5,10-11,18H,6-9H2,1-3H3. The molecule has 20 heavy (non-hydrogen) atoms. The molecule has 0 saturated carbocycles. The number of nitrogens with zero attached hydrogens (tertiary/aromatic N) is 1. The van der Waals surface area contributed by atoms with Crippen LogP contribution in [0.2, 0.25) is 0 Å². The van der Waals surface area contributed by atoms with Crippen LogP contribution in [0.3, 0.4) is 0 Å². The number of aromatic nitrogens is 1. The number of piperidine rings is 1. The molecule has 106 valence electrons. The van der Waals surface area contributed by atoms with Gasteiger partial charge in [-0.15, -0.1) is 0 Å². The van der Waals surface area contributed by atoms with Gasteiger partial charge < -0.3 is 9.88 Å². The quantitative estimate of drug-likeness (QED) is 0.843. The van der Waals surface area contributed by atoms with Crippen molar-refractivity contribution in [2.45, 2.75) is 33.6 Å². The summed E-state index contributed by atoms with van der Waals surface area (Å²) in [4.78, 5) is 18.2. The van der Waals surface area contributed by atoms with Gasteiger partial charge in [0.05, 0.1) is 5.56 Å². The lowest BCUT2D eigenvalue weighted by atomic mass is 9.98. The Hall–Kier alpha value is -1.77. The van der Waals surface area contributed by atoms with Gasteiger partial charge in [-0.25, -0.2) is 0 Å². The molecule has 1 aromatic heterocycles. The van der Waals surface area contributed by atoms with Crippen LogP contribution in [-0.2, 0) is 0 Å². The van der Waals surface area contributed by atoms with E-state index in [9.17, 15) is 4.79 Å². The zero-order valence-electron chi connectivity index (χ0n) is 12.5. The molecule has 1 amide bonds. The minimum absolute atomic E-state index is 0.186. The Balaban J connectivity index is 1.98. The number of amides is 1. The van der Waals surface area contributed by atoms with Crippen molar-refractivity contribution in [2.75, 3.05) is 13.1 Å². The van der Waals surface area contributed by atoms with Crippen molar-refractivity contribution in [3.63, 3.8) is 0 Å². The van der Waals surface area contributed by atoms with E-state index in [4.69, 9.17) is 0 Å². The number of likely N-dealkylation sites (tertiary alicyclic amines) is 1. The molecule has 3 rings (SSSR count). The summed E-state index contributed by atoms with van der Waals surface area (Å²) >= 11 is 0. The van der Waals surface area contributed by atoms with E-state index in [1.807, 2.05) is 11.8 Å². The third-order valence-electron chi connectivity index (χ3n) is 4.43. The fourth-order valence-corrected chi connectivity index (χ4v) is 3.09. The Kier molecular flexibility index (Phi) is 3.28. The number of aromatic amines is 1. The Morgan fingerprint density at radius 3 is 2.65 bits per heavy atom. The number of H-pyrrole nitrogens is 1. The summed E-state index contributed by atoms with van der Waals surface area (Å²) in [5.41, 5.74) is 4.09. The summed E-state index contributed by atoms with van der Waals surface area (Å²) in [7, 11) is 0. The summed E-state index contributed by atoms with van der Waals surface area (Å²) in [6, 6.07) is 6.25. The first kappa shape index (κ1) is 13.2. The minimum atomic E-state index is 0.186. The van der Waals surface area contributed by atoms with Gasteiger partial charge in [-0.3, -0.25) is 4.79 Å². The van der Waals surface area contributed by atoms with Gasteiger partial charge in [0.2, 0.25) is 0 Å². The number of hydrogen-bond donors (Lipinski definition) is 1. The van der Waals surface area contributed by atoms with Crippen molar-refractivity contribution < 1.29 is 4.79 Å². The molecule has 0 unspecified atom stereocenters. The van der Waals surface area contributed by atoms with Gasteiger partial charge in [-0.2, -0.15) is 0 Å². The van der Waals surface area contributed by atoms with Crippen molar-refractivity contribution in [2.24, 2.45) is 5.92 Å². The molecule has 0 bridgehead atoms. The Bertz CT molecular complexity index is 648. The molecular formula is C17H22N2O. The van der Waals surface area contributed by atoms with Gasteiger partial charge in [0.15, 0.2) is 0 Å². The molecule has 1 aromatic carbocycles. The van der Waals surface area contributed by atoms with Crippen molar-refractivity contribution in [1.29, 1.82) is 0 Å². The molecule has 1 aliphatic rings. The molecule has 2 aromatic rings. The third-order valence-corrected chi connectivity index (χ3v) is 4.43. The number of benzene rings is 1. The zero-order valence-corrected chi connectivity index (χ0v) is 12.5. The molecule has 0 atom stereocenters. The van der Waals surface area contributed by atoms with E-state index < -0.39 is 0 Å². The predicted molar refractivity (Wildman–Crippen MR) is 82.1 cm³/mol. The van der Waals surface area contributed by atoms with Crippen LogP contribution in [0.5, 0.6) is 0 Å². The first-order valence-corrected chi connectivity index (χ1v) is 7.44. The maximum atomic E-state index is 12.8.